The molecule has 2 saturated heterocycles. The Morgan fingerprint density at radius 2 is 2.17 bits per heavy atom. The number of amides is 1. The number of nitrogens with one attached hydrogen (secondary N) is 1. The lowest BCUT2D eigenvalue weighted by molar-refractivity contribution is 0.00541. The van der Waals surface area contributed by atoms with E-state index in [-0.39, 0.29) is 6.09 Å². The number of hydrogen-bond donors (Lipinski definition) is 1. The summed E-state index contributed by atoms with van der Waals surface area (Å²) in [4.78, 5) is 13.5. The number of nitrogens with zero attached hydrogens (tertiary/aromatic N) is 1. The highest BCUT2D eigenvalue weighted by Gasteiger charge is 2.33. The van der Waals surface area contributed by atoms with E-state index in [1.165, 1.54) is 18.6 Å². The van der Waals surface area contributed by atoms with Gasteiger partial charge in [0.2, 0.25) is 0 Å². The molecule has 2 aliphatic rings. The predicted octanol–water partition coefficient (Wildman–Crippen LogP) is 2.09. The fourth-order valence-electron chi connectivity index (χ4n) is 2.19. The molecule has 2 fully saturated rings. The molecule has 0 aliphatic carbocycles. The van der Waals surface area contributed by atoms with Gasteiger partial charge in [-0.25, -0.2) is 4.79 Å². The summed E-state index contributed by atoms with van der Waals surface area (Å²) in [6.45, 7) is 8.35. The molecular weight excluding hydrogens is 248 g/mol. The van der Waals surface area contributed by atoms with E-state index in [0.29, 0.717) is 6.04 Å². The maximum absolute atomic E-state index is 11.7. The molecule has 1 amide bonds. The van der Waals surface area contributed by atoms with E-state index in [2.05, 4.69) is 17.1 Å². The van der Waals surface area contributed by atoms with Gasteiger partial charge in [0.05, 0.1) is 0 Å². The van der Waals surface area contributed by atoms with Gasteiger partial charge in [0, 0.05) is 30.9 Å². The van der Waals surface area contributed by atoms with Crippen molar-refractivity contribution in [3.05, 3.63) is 0 Å². The standard InChI is InChI=1S/C13H24N2O2S/c1-13(2,3)17-12(16)15-8-10(9-15)14-7-11-5-4-6-18-11/h10-11,14H,4-9H2,1-3H3. The number of thioether (sulfide) groups is 1. The van der Waals surface area contributed by atoms with Crippen molar-refractivity contribution in [3.8, 4) is 0 Å². The minimum absolute atomic E-state index is 0.184. The van der Waals surface area contributed by atoms with Crippen LogP contribution in [0.1, 0.15) is 33.6 Å². The smallest absolute Gasteiger partial charge is 0.410 e. The minimum atomic E-state index is -0.393. The summed E-state index contributed by atoms with van der Waals surface area (Å²) < 4.78 is 5.32. The Morgan fingerprint density at radius 1 is 1.44 bits per heavy atom. The van der Waals surface area contributed by atoms with Gasteiger partial charge in [-0.15, -0.1) is 0 Å². The molecule has 4 nitrogen and oxygen atoms in total. The van der Waals surface area contributed by atoms with Gasteiger partial charge in [-0.05, 0) is 39.4 Å². The van der Waals surface area contributed by atoms with Crippen molar-refractivity contribution in [3.63, 3.8) is 0 Å². The van der Waals surface area contributed by atoms with Crippen molar-refractivity contribution in [2.45, 2.75) is 50.5 Å². The monoisotopic (exact) mass is 272 g/mol. The van der Waals surface area contributed by atoms with E-state index in [1.807, 2.05) is 20.8 Å². The van der Waals surface area contributed by atoms with Crippen LogP contribution in [0.25, 0.3) is 0 Å². The van der Waals surface area contributed by atoms with Crippen LogP contribution >= 0.6 is 11.8 Å². The Hall–Kier alpha value is -0.420. The Bertz CT molecular complexity index is 292. The van der Waals surface area contributed by atoms with Gasteiger partial charge in [0.15, 0.2) is 0 Å². The molecule has 0 saturated carbocycles. The van der Waals surface area contributed by atoms with Crippen LogP contribution in [0.3, 0.4) is 0 Å². The lowest BCUT2D eigenvalue weighted by atomic mass is 10.1. The van der Waals surface area contributed by atoms with E-state index in [0.717, 1.165) is 24.9 Å². The number of carbonyl (C=O) groups is 1. The second-order valence-corrected chi connectivity index (χ2v) is 7.53. The first-order valence-electron chi connectivity index (χ1n) is 6.77. The van der Waals surface area contributed by atoms with E-state index >= 15 is 0 Å². The summed E-state index contributed by atoms with van der Waals surface area (Å²) in [7, 11) is 0. The quantitative estimate of drug-likeness (QED) is 0.854. The Labute approximate surface area is 114 Å². The zero-order valence-corrected chi connectivity index (χ0v) is 12.4. The molecule has 1 atom stereocenters. The third kappa shape index (κ3) is 4.05. The van der Waals surface area contributed by atoms with Gasteiger partial charge >= 0.3 is 6.09 Å². The molecular formula is C13H24N2O2S. The average molecular weight is 272 g/mol. The van der Waals surface area contributed by atoms with Crippen LogP contribution in [-0.4, -0.2) is 53.3 Å². The van der Waals surface area contributed by atoms with Gasteiger partial charge in [0.1, 0.15) is 5.60 Å². The Balaban J connectivity index is 1.60. The largest absolute Gasteiger partial charge is 0.444 e. The number of carbonyl (C=O) groups excluding carboxylic acids is 1. The first-order chi connectivity index (χ1) is 8.44. The van der Waals surface area contributed by atoms with Crippen LogP contribution in [0.2, 0.25) is 0 Å². The number of hydrogen-bond acceptors (Lipinski definition) is 4. The molecule has 0 bridgehead atoms. The third-order valence-electron chi connectivity index (χ3n) is 3.19. The summed E-state index contributed by atoms with van der Waals surface area (Å²) in [6, 6.07) is 0.457. The summed E-state index contributed by atoms with van der Waals surface area (Å²) >= 11 is 2.07. The molecule has 0 radical (unpaired) electrons. The van der Waals surface area contributed by atoms with Crippen LogP contribution in [0.15, 0.2) is 0 Å². The zero-order chi connectivity index (χ0) is 13.2. The maximum atomic E-state index is 11.7. The van der Waals surface area contributed by atoms with Crippen molar-refractivity contribution in [2.24, 2.45) is 0 Å². The summed E-state index contributed by atoms with van der Waals surface area (Å²) in [6.07, 6.45) is 2.50. The lowest BCUT2D eigenvalue weighted by Crippen LogP contribution is -2.61. The molecule has 2 aliphatic heterocycles. The summed E-state index contributed by atoms with van der Waals surface area (Å²) in [5.74, 6) is 1.31. The van der Waals surface area contributed by atoms with Gasteiger partial charge in [-0.2, -0.15) is 11.8 Å². The summed E-state index contributed by atoms with van der Waals surface area (Å²) in [5.41, 5.74) is -0.393. The lowest BCUT2D eigenvalue weighted by Gasteiger charge is -2.40. The van der Waals surface area contributed by atoms with Crippen LogP contribution in [0.4, 0.5) is 4.79 Å². The normalized spacial score (nSPS) is 25.1. The highest BCUT2D eigenvalue weighted by molar-refractivity contribution is 8.00. The molecule has 0 aromatic carbocycles. The van der Waals surface area contributed by atoms with Crippen molar-refractivity contribution in [1.82, 2.24) is 10.2 Å². The molecule has 18 heavy (non-hydrogen) atoms. The van der Waals surface area contributed by atoms with Crippen molar-refractivity contribution in [2.75, 3.05) is 25.4 Å². The fourth-order valence-corrected chi connectivity index (χ4v) is 3.40. The van der Waals surface area contributed by atoms with Crippen LogP contribution in [-0.2, 0) is 4.74 Å². The third-order valence-corrected chi connectivity index (χ3v) is 4.59. The predicted molar refractivity (Wildman–Crippen MR) is 75.1 cm³/mol. The van der Waals surface area contributed by atoms with Crippen molar-refractivity contribution in [1.29, 1.82) is 0 Å². The Morgan fingerprint density at radius 3 is 2.72 bits per heavy atom. The number of likely N-dealkylation sites (tertiary alicyclic amines) is 1. The highest BCUT2D eigenvalue weighted by Crippen LogP contribution is 2.25. The SMILES string of the molecule is CC(C)(C)OC(=O)N1CC(NCC2CCCS2)C1. The molecule has 5 heteroatoms. The minimum Gasteiger partial charge on any atom is -0.444 e. The maximum Gasteiger partial charge on any atom is 0.410 e. The topological polar surface area (TPSA) is 41.6 Å². The molecule has 2 rings (SSSR count). The van der Waals surface area contributed by atoms with Crippen molar-refractivity contribution < 1.29 is 9.53 Å². The molecule has 0 aromatic rings. The first-order valence-corrected chi connectivity index (χ1v) is 7.82. The van der Waals surface area contributed by atoms with E-state index in [1.54, 1.807) is 4.90 Å². The first kappa shape index (κ1) is 14.0. The average Bonchev–Trinajstić information content (AvgIpc) is 2.64. The van der Waals surface area contributed by atoms with Crippen molar-refractivity contribution >= 4 is 17.9 Å². The Kier molecular flexibility index (Phi) is 4.43. The molecule has 104 valence electrons. The van der Waals surface area contributed by atoms with Crippen LogP contribution < -0.4 is 5.32 Å². The summed E-state index contributed by atoms with van der Waals surface area (Å²) in [5, 5.41) is 4.32. The number of ether oxygens (including phenoxy) is 1. The molecule has 2 heterocycles. The van der Waals surface area contributed by atoms with Gasteiger partial charge in [-0.1, -0.05) is 0 Å². The van der Waals surface area contributed by atoms with Crippen LogP contribution in [0, 0.1) is 0 Å². The number of rotatable bonds is 3. The van der Waals surface area contributed by atoms with E-state index in [4.69, 9.17) is 4.74 Å². The van der Waals surface area contributed by atoms with Gasteiger partial charge in [0.25, 0.3) is 0 Å². The second kappa shape index (κ2) is 5.70. The second-order valence-electron chi connectivity index (χ2n) is 6.13. The molecule has 0 spiro atoms. The molecule has 1 N–H and O–H groups in total. The zero-order valence-electron chi connectivity index (χ0n) is 11.6. The van der Waals surface area contributed by atoms with Gasteiger partial charge < -0.3 is 15.0 Å². The fraction of sp³-hybridized carbons (Fsp3) is 0.923. The molecule has 0 aromatic heterocycles. The highest BCUT2D eigenvalue weighted by atomic mass is 32.2. The van der Waals surface area contributed by atoms with E-state index < -0.39 is 5.60 Å². The molecule has 1 unspecified atom stereocenters. The van der Waals surface area contributed by atoms with E-state index in [9.17, 15) is 4.79 Å². The van der Waals surface area contributed by atoms with Crippen LogP contribution in [0.5, 0.6) is 0 Å². The van der Waals surface area contributed by atoms with Gasteiger partial charge in [-0.3, -0.25) is 0 Å².